The minimum atomic E-state index is -0.319. The summed E-state index contributed by atoms with van der Waals surface area (Å²) in [5.41, 5.74) is 0.398. The molecular formula is C18H22FN3O2. The quantitative estimate of drug-likeness (QED) is 0.864. The van der Waals surface area contributed by atoms with Crippen LogP contribution in [0.1, 0.15) is 37.5 Å². The predicted molar refractivity (Wildman–Crippen MR) is 87.1 cm³/mol. The summed E-state index contributed by atoms with van der Waals surface area (Å²) in [4.78, 5) is 6.99. The summed E-state index contributed by atoms with van der Waals surface area (Å²) in [6.45, 7) is 3.76. The van der Waals surface area contributed by atoms with Crippen molar-refractivity contribution >= 4 is 0 Å². The maximum Gasteiger partial charge on any atom is 0.230 e. The third-order valence-corrected chi connectivity index (χ3v) is 5.16. The molecule has 1 aromatic heterocycles. The number of morpholine rings is 1. The van der Waals surface area contributed by atoms with E-state index in [0.29, 0.717) is 23.3 Å². The van der Waals surface area contributed by atoms with Crippen molar-refractivity contribution in [2.75, 3.05) is 26.3 Å². The fourth-order valence-electron chi connectivity index (χ4n) is 3.78. The predicted octanol–water partition coefficient (Wildman–Crippen LogP) is 3.23. The first-order valence-electron chi connectivity index (χ1n) is 8.71. The van der Waals surface area contributed by atoms with Crippen LogP contribution in [0.25, 0.3) is 11.4 Å². The molecule has 1 saturated heterocycles. The summed E-state index contributed by atoms with van der Waals surface area (Å²) >= 11 is 0. The van der Waals surface area contributed by atoms with Crippen LogP contribution in [0.2, 0.25) is 0 Å². The second-order valence-electron chi connectivity index (χ2n) is 6.59. The Kier molecular flexibility index (Phi) is 4.58. The summed E-state index contributed by atoms with van der Waals surface area (Å²) in [5, 5.41) is 3.98. The Labute approximate surface area is 140 Å². The topological polar surface area (TPSA) is 51.4 Å². The summed E-state index contributed by atoms with van der Waals surface area (Å²) in [7, 11) is 0. The third-order valence-electron chi connectivity index (χ3n) is 5.16. The van der Waals surface area contributed by atoms with E-state index >= 15 is 0 Å². The van der Waals surface area contributed by atoms with Gasteiger partial charge in [0.2, 0.25) is 11.7 Å². The molecule has 0 bridgehead atoms. The number of rotatable bonds is 3. The van der Waals surface area contributed by atoms with Crippen molar-refractivity contribution in [3.8, 4) is 11.4 Å². The number of benzene rings is 1. The largest absolute Gasteiger partial charge is 0.379 e. The Hall–Kier alpha value is -1.79. The van der Waals surface area contributed by atoms with E-state index in [-0.39, 0.29) is 11.7 Å². The Morgan fingerprint density at radius 3 is 2.54 bits per heavy atom. The second kappa shape index (κ2) is 6.99. The summed E-state index contributed by atoms with van der Waals surface area (Å²) in [5.74, 6) is 0.961. The zero-order valence-electron chi connectivity index (χ0n) is 13.7. The highest BCUT2D eigenvalue weighted by molar-refractivity contribution is 5.54. The molecule has 0 amide bonds. The molecule has 5 nitrogen and oxygen atoms in total. The Morgan fingerprint density at radius 2 is 1.79 bits per heavy atom. The van der Waals surface area contributed by atoms with Gasteiger partial charge in [0, 0.05) is 25.0 Å². The lowest BCUT2D eigenvalue weighted by molar-refractivity contribution is 0.00659. The first-order chi connectivity index (χ1) is 11.8. The fraction of sp³-hybridized carbons (Fsp3) is 0.556. The number of aromatic nitrogens is 2. The molecule has 0 spiro atoms. The van der Waals surface area contributed by atoms with Gasteiger partial charge in [0.25, 0.3) is 0 Å². The van der Waals surface area contributed by atoms with Crippen LogP contribution in [-0.2, 0) is 4.74 Å². The van der Waals surface area contributed by atoms with Gasteiger partial charge in [-0.25, -0.2) is 4.39 Å². The van der Waals surface area contributed by atoms with Gasteiger partial charge in [-0.05, 0) is 37.8 Å². The summed E-state index contributed by atoms with van der Waals surface area (Å²) in [6.07, 6.45) is 4.37. The Bertz CT molecular complexity index is 676. The van der Waals surface area contributed by atoms with Crippen LogP contribution in [0.5, 0.6) is 0 Å². The molecule has 0 atom stereocenters. The third kappa shape index (κ3) is 3.21. The van der Waals surface area contributed by atoms with Crippen molar-refractivity contribution < 1.29 is 13.7 Å². The van der Waals surface area contributed by atoms with E-state index in [0.717, 1.165) is 52.0 Å². The first kappa shape index (κ1) is 15.7. The van der Waals surface area contributed by atoms with Crippen LogP contribution in [0.15, 0.2) is 28.8 Å². The van der Waals surface area contributed by atoms with E-state index in [1.807, 2.05) is 0 Å². The Balaban J connectivity index is 1.40. The zero-order valence-corrected chi connectivity index (χ0v) is 13.7. The molecule has 2 aliphatic rings. The monoisotopic (exact) mass is 331 g/mol. The van der Waals surface area contributed by atoms with Crippen molar-refractivity contribution in [2.45, 2.75) is 37.6 Å². The Morgan fingerprint density at radius 1 is 1.04 bits per heavy atom. The minimum absolute atomic E-state index is 0.287. The van der Waals surface area contributed by atoms with Gasteiger partial charge in [0.1, 0.15) is 5.82 Å². The van der Waals surface area contributed by atoms with Gasteiger partial charge in [-0.15, -0.1) is 0 Å². The van der Waals surface area contributed by atoms with E-state index in [2.05, 4.69) is 15.0 Å². The lowest BCUT2D eigenvalue weighted by Gasteiger charge is -2.38. The number of nitrogens with zero attached hydrogens (tertiary/aromatic N) is 3. The standard InChI is InChI=1S/C18H22FN3O2/c19-16-4-2-1-3-15(16)17-20-18(24-21-17)13-5-7-14(8-6-13)22-9-11-23-12-10-22/h1-4,13-14H,5-12H2. The molecule has 0 unspecified atom stereocenters. The average Bonchev–Trinajstić information content (AvgIpc) is 3.13. The van der Waals surface area contributed by atoms with Gasteiger partial charge in [0.15, 0.2) is 0 Å². The van der Waals surface area contributed by atoms with Crippen molar-refractivity contribution in [3.05, 3.63) is 36.0 Å². The van der Waals surface area contributed by atoms with Gasteiger partial charge in [-0.2, -0.15) is 4.98 Å². The molecular weight excluding hydrogens is 309 g/mol. The molecule has 0 radical (unpaired) electrons. The molecule has 128 valence electrons. The zero-order chi connectivity index (χ0) is 16.4. The van der Waals surface area contributed by atoms with Crippen molar-refractivity contribution in [2.24, 2.45) is 0 Å². The first-order valence-corrected chi connectivity index (χ1v) is 8.71. The molecule has 1 aromatic carbocycles. The molecule has 2 heterocycles. The summed E-state index contributed by atoms with van der Waals surface area (Å²) in [6, 6.07) is 7.17. The van der Waals surface area contributed by atoms with Crippen LogP contribution in [0.4, 0.5) is 4.39 Å². The van der Waals surface area contributed by atoms with Crippen LogP contribution in [0, 0.1) is 5.82 Å². The fourth-order valence-corrected chi connectivity index (χ4v) is 3.78. The van der Waals surface area contributed by atoms with Crippen LogP contribution in [0.3, 0.4) is 0 Å². The maximum absolute atomic E-state index is 13.8. The normalized spacial score (nSPS) is 25.7. The molecule has 0 N–H and O–H groups in total. The smallest absolute Gasteiger partial charge is 0.230 e. The van der Waals surface area contributed by atoms with Gasteiger partial charge in [-0.1, -0.05) is 17.3 Å². The van der Waals surface area contributed by atoms with E-state index in [1.54, 1.807) is 18.2 Å². The molecule has 1 saturated carbocycles. The molecule has 2 aromatic rings. The van der Waals surface area contributed by atoms with Gasteiger partial charge < -0.3 is 9.26 Å². The van der Waals surface area contributed by atoms with Gasteiger partial charge in [0.05, 0.1) is 18.8 Å². The van der Waals surface area contributed by atoms with Crippen LogP contribution < -0.4 is 0 Å². The minimum Gasteiger partial charge on any atom is -0.379 e. The number of hydrogen-bond donors (Lipinski definition) is 0. The molecule has 1 aliphatic carbocycles. The van der Waals surface area contributed by atoms with Crippen molar-refractivity contribution in [3.63, 3.8) is 0 Å². The van der Waals surface area contributed by atoms with E-state index in [1.165, 1.54) is 6.07 Å². The van der Waals surface area contributed by atoms with Gasteiger partial charge >= 0.3 is 0 Å². The highest BCUT2D eigenvalue weighted by atomic mass is 19.1. The van der Waals surface area contributed by atoms with Crippen molar-refractivity contribution in [1.29, 1.82) is 0 Å². The number of halogens is 1. The summed E-state index contributed by atoms with van der Waals surface area (Å²) < 4.78 is 24.7. The average molecular weight is 331 g/mol. The van der Waals surface area contributed by atoms with E-state index in [9.17, 15) is 4.39 Å². The van der Waals surface area contributed by atoms with E-state index in [4.69, 9.17) is 9.26 Å². The second-order valence-corrected chi connectivity index (χ2v) is 6.59. The van der Waals surface area contributed by atoms with Crippen molar-refractivity contribution in [1.82, 2.24) is 15.0 Å². The number of hydrogen-bond acceptors (Lipinski definition) is 5. The molecule has 1 aliphatic heterocycles. The highest BCUT2D eigenvalue weighted by Crippen LogP contribution is 2.35. The van der Waals surface area contributed by atoms with Crippen LogP contribution >= 0.6 is 0 Å². The van der Waals surface area contributed by atoms with Gasteiger partial charge in [-0.3, -0.25) is 4.90 Å². The molecule has 2 fully saturated rings. The maximum atomic E-state index is 13.8. The van der Waals surface area contributed by atoms with Crippen LogP contribution in [-0.4, -0.2) is 47.4 Å². The lowest BCUT2D eigenvalue weighted by Crippen LogP contribution is -2.44. The highest BCUT2D eigenvalue weighted by Gasteiger charge is 2.30. The molecule has 6 heteroatoms. The van der Waals surface area contributed by atoms with E-state index < -0.39 is 0 Å². The molecule has 4 rings (SSSR count). The SMILES string of the molecule is Fc1ccccc1-c1noc(C2CCC(N3CCOCC3)CC2)n1. The number of ether oxygens (including phenoxy) is 1. The lowest BCUT2D eigenvalue weighted by atomic mass is 9.85. The molecule has 24 heavy (non-hydrogen) atoms.